The summed E-state index contributed by atoms with van der Waals surface area (Å²) in [5, 5.41) is 6.90. The number of aromatic nitrogens is 2. The van der Waals surface area contributed by atoms with Crippen molar-refractivity contribution in [2.45, 2.75) is 6.54 Å². The fourth-order valence-electron chi connectivity index (χ4n) is 2.48. The molecule has 0 aliphatic rings. The molecule has 2 aromatic carbocycles. The Morgan fingerprint density at radius 1 is 1.21 bits per heavy atom. The van der Waals surface area contributed by atoms with E-state index in [9.17, 15) is 17.6 Å². The van der Waals surface area contributed by atoms with Crippen LogP contribution in [0.1, 0.15) is 15.9 Å². The molecule has 3 rings (SSSR count). The van der Waals surface area contributed by atoms with Gasteiger partial charge in [0.15, 0.2) is 5.82 Å². The van der Waals surface area contributed by atoms with E-state index in [4.69, 9.17) is 0 Å². The van der Waals surface area contributed by atoms with Crippen LogP contribution in [0.15, 0.2) is 59.2 Å². The summed E-state index contributed by atoms with van der Waals surface area (Å²) in [6, 6.07) is 12.4. The number of carbonyl (C=O) groups is 1. The molecule has 0 saturated heterocycles. The first-order valence-electron chi connectivity index (χ1n) is 8.07. The number of carbonyl (C=O) groups excluding carboxylic acids is 1. The minimum atomic E-state index is -3.45. The summed E-state index contributed by atoms with van der Waals surface area (Å²) >= 11 is 3.32. The lowest BCUT2D eigenvalue weighted by Crippen LogP contribution is -2.14. The Morgan fingerprint density at radius 3 is 2.68 bits per heavy atom. The van der Waals surface area contributed by atoms with E-state index in [-0.39, 0.29) is 29.4 Å². The summed E-state index contributed by atoms with van der Waals surface area (Å²) in [6.07, 6.45) is 2.66. The Bertz CT molecular complexity index is 1130. The summed E-state index contributed by atoms with van der Waals surface area (Å²) in [7, 11) is -3.45. The second-order valence-corrected chi connectivity index (χ2v) is 8.63. The smallest absolute Gasteiger partial charge is 0.256 e. The zero-order valence-electron chi connectivity index (χ0n) is 14.7. The number of hydrogen-bond acceptors (Lipinski definition) is 4. The van der Waals surface area contributed by atoms with E-state index in [1.54, 1.807) is 36.5 Å². The Balaban J connectivity index is 1.75. The second kappa shape index (κ2) is 8.11. The lowest BCUT2D eigenvalue weighted by Gasteiger charge is -2.07. The Kier molecular flexibility index (Phi) is 5.80. The van der Waals surface area contributed by atoms with Crippen LogP contribution in [0.4, 0.5) is 15.9 Å². The van der Waals surface area contributed by atoms with E-state index >= 15 is 0 Å². The Labute approximate surface area is 169 Å². The van der Waals surface area contributed by atoms with Crippen molar-refractivity contribution in [3.63, 3.8) is 0 Å². The summed E-state index contributed by atoms with van der Waals surface area (Å²) in [4.78, 5) is 12.5. The molecule has 0 bridgehead atoms. The van der Waals surface area contributed by atoms with Crippen molar-refractivity contribution < 1.29 is 17.6 Å². The van der Waals surface area contributed by atoms with Crippen LogP contribution in [0.3, 0.4) is 0 Å². The maximum atomic E-state index is 13.8. The number of rotatable bonds is 6. The quantitative estimate of drug-likeness (QED) is 0.581. The summed E-state index contributed by atoms with van der Waals surface area (Å²) in [5.41, 5.74) is 0.999. The zero-order valence-corrected chi connectivity index (χ0v) is 17.1. The van der Waals surface area contributed by atoms with E-state index in [2.05, 4.69) is 31.1 Å². The van der Waals surface area contributed by atoms with Crippen LogP contribution in [0.5, 0.6) is 0 Å². The minimum Gasteiger partial charge on any atom is -0.304 e. The van der Waals surface area contributed by atoms with Crippen LogP contribution >= 0.6 is 15.9 Å². The van der Waals surface area contributed by atoms with Crippen LogP contribution in [0, 0.1) is 5.82 Å². The maximum absolute atomic E-state index is 13.8. The number of hydrogen-bond donors (Lipinski definition) is 2. The molecule has 0 aliphatic heterocycles. The van der Waals surface area contributed by atoms with Crippen molar-refractivity contribution in [2.75, 3.05) is 16.3 Å². The van der Waals surface area contributed by atoms with Crippen LogP contribution in [-0.2, 0) is 16.6 Å². The molecule has 0 unspecified atom stereocenters. The predicted molar refractivity (Wildman–Crippen MR) is 108 cm³/mol. The highest BCUT2D eigenvalue weighted by Crippen LogP contribution is 2.22. The number of sulfonamides is 1. The molecule has 28 heavy (non-hydrogen) atoms. The Morgan fingerprint density at radius 2 is 1.96 bits per heavy atom. The number of benzene rings is 2. The molecule has 10 heteroatoms. The van der Waals surface area contributed by atoms with Gasteiger partial charge in [0.25, 0.3) is 5.91 Å². The molecule has 0 radical (unpaired) electrons. The SMILES string of the molecule is CS(=O)(=O)Nc1cccc(C(=O)Nc2nn(Cc3ccccc3F)cc2Br)c1. The van der Waals surface area contributed by atoms with Crippen LogP contribution < -0.4 is 10.0 Å². The molecule has 1 heterocycles. The van der Waals surface area contributed by atoms with Gasteiger partial charge >= 0.3 is 0 Å². The van der Waals surface area contributed by atoms with Crippen LogP contribution in [0.2, 0.25) is 0 Å². The monoisotopic (exact) mass is 466 g/mol. The van der Waals surface area contributed by atoms with Crippen molar-refractivity contribution in [3.05, 3.63) is 76.1 Å². The topological polar surface area (TPSA) is 93.1 Å². The molecular formula is C18H16BrFN4O3S. The van der Waals surface area contributed by atoms with Crippen molar-refractivity contribution in [1.29, 1.82) is 0 Å². The summed E-state index contributed by atoms with van der Waals surface area (Å²) < 4.78 is 40.8. The van der Waals surface area contributed by atoms with Crippen molar-refractivity contribution >= 4 is 43.4 Å². The molecule has 0 fully saturated rings. The molecular weight excluding hydrogens is 451 g/mol. The lowest BCUT2D eigenvalue weighted by atomic mass is 10.2. The fraction of sp³-hybridized carbons (Fsp3) is 0.111. The third-order valence-corrected chi connectivity index (χ3v) is 4.85. The van der Waals surface area contributed by atoms with Gasteiger partial charge in [-0.25, -0.2) is 12.8 Å². The highest BCUT2D eigenvalue weighted by Gasteiger charge is 2.14. The number of nitrogens with zero attached hydrogens (tertiary/aromatic N) is 2. The largest absolute Gasteiger partial charge is 0.304 e. The molecule has 146 valence electrons. The molecule has 3 aromatic rings. The standard InChI is InChI=1S/C18H16BrFN4O3S/c1-28(26,27)23-14-7-4-6-12(9-14)18(25)21-17-15(19)11-24(22-17)10-13-5-2-3-8-16(13)20/h2-9,11,23H,10H2,1H3,(H,21,22,25). The first kappa shape index (κ1) is 20.0. The van der Waals surface area contributed by atoms with Crippen molar-refractivity contribution in [3.8, 4) is 0 Å². The highest BCUT2D eigenvalue weighted by atomic mass is 79.9. The van der Waals surface area contributed by atoms with Gasteiger partial charge in [-0.3, -0.25) is 14.2 Å². The fourth-order valence-corrected chi connectivity index (χ4v) is 3.45. The minimum absolute atomic E-state index is 0.203. The molecule has 1 aromatic heterocycles. The van der Waals surface area contributed by atoms with E-state index in [0.29, 0.717) is 10.0 Å². The normalized spacial score (nSPS) is 11.2. The Hall–Kier alpha value is -2.72. The lowest BCUT2D eigenvalue weighted by molar-refractivity contribution is 0.102. The molecule has 7 nitrogen and oxygen atoms in total. The molecule has 2 N–H and O–H groups in total. The maximum Gasteiger partial charge on any atom is 0.256 e. The third kappa shape index (κ3) is 5.17. The average molecular weight is 467 g/mol. The van der Waals surface area contributed by atoms with E-state index < -0.39 is 15.9 Å². The van der Waals surface area contributed by atoms with E-state index in [1.165, 1.54) is 22.9 Å². The molecule has 0 saturated carbocycles. The van der Waals surface area contributed by atoms with Gasteiger partial charge in [-0.05, 0) is 40.2 Å². The number of amides is 1. The summed E-state index contributed by atoms with van der Waals surface area (Å²) in [6.45, 7) is 0.203. The summed E-state index contributed by atoms with van der Waals surface area (Å²) in [5.74, 6) is -0.535. The van der Waals surface area contributed by atoms with Gasteiger partial charge in [0.1, 0.15) is 5.82 Å². The molecule has 1 amide bonds. The average Bonchev–Trinajstić information content (AvgIpc) is 2.95. The highest BCUT2D eigenvalue weighted by molar-refractivity contribution is 9.10. The molecule has 0 atom stereocenters. The van der Waals surface area contributed by atoms with Gasteiger partial charge in [-0.1, -0.05) is 24.3 Å². The van der Waals surface area contributed by atoms with Crippen LogP contribution in [-0.4, -0.2) is 30.4 Å². The third-order valence-electron chi connectivity index (χ3n) is 3.67. The van der Waals surface area contributed by atoms with Gasteiger partial charge < -0.3 is 5.32 Å². The van der Waals surface area contributed by atoms with Crippen molar-refractivity contribution in [2.24, 2.45) is 0 Å². The molecule has 0 aliphatic carbocycles. The predicted octanol–water partition coefficient (Wildman–Crippen LogP) is 3.46. The van der Waals surface area contributed by atoms with Crippen molar-refractivity contribution in [1.82, 2.24) is 9.78 Å². The van der Waals surface area contributed by atoms with Gasteiger partial charge in [0.05, 0.1) is 17.3 Å². The first-order valence-corrected chi connectivity index (χ1v) is 10.8. The first-order chi connectivity index (χ1) is 13.2. The number of halogens is 2. The molecule has 0 spiro atoms. The zero-order chi connectivity index (χ0) is 20.3. The van der Waals surface area contributed by atoms with Gasteiger partial charge in [0, 0.05) is 23.0 Å². The van der Waals surface area contributed by atoms with E-state index in [0.717, 1.165) is 6.26 Å². The number of nitrogens with one attached hydrogen (secondary N) is 2. The van der Waals surface area contributed by atoms with Gasteiger partial charge in [-0.2, -0.15) is 5.10 Å². The van der Waals surface area contributed by atoms with Crippen LogP contribution in [0.25, 0.3) is 0 Å². The van der Waals surface area contributed by atoms with Gasteiger partial charge in [0.2, 0.25) is 10.0 Å². The number of anilines is 2. The second-order valence-electron chi connectivity index (χ2n) is 6.02. The van der Waals surface area contributed by atoms with E-state index in [1.807, 2.05) is 0 Å². The van der Waals surface area contributed by atoms with Gasteiger partial charge in [-0.15, -0.1) is 0 Å².